The molecule has 0 fully saturated rings. The van der Waals surface area contributed by atoms with E-state index in [0.717, 1.165) is 0 Å². The molecule has 0 aliphatic heterocycles. The van der Waals surface area contributed by atoms with Gasteiger partial charge in [-0.15, -0.1) is 0 Å². The maximum atomic E-state index is 6.13. The molecule has 112 valence electrons. The molecule has 0 unspecified atom stereocenters. The van der Waals surface area contributed by atoms with Crippen LogP contribution in [0.1, 0.15) is 0 Å². The molecule has 0 saturated heterocycles. The van der Waals surface area contributed by atoms with Gasteiger partial charge in [0.1, 0.15) is 23.1 Å². The lowest BCUT2D eigenvalue weighted by Gasteiger charge is -2.14. The Bertz CT molecular complexity index is 654. The first-order valence-electron chi connectivity index (χ1n) is 5.94. The van der Waals surface area contributed by atoms with E-state index in [9.17, 15) is 0 Å². The molecule has 0 amide bonds. The van der Waals surface area contributed by atoms with Crippen LogP contribution in [0.2, 0.25) is 5.02 Å². The van der Waals surface area contributed by atoms with Crippen molar-refractivity contribution in [2.24, 2.45) is 0 Å². The molecule has 8 heteroatoms. The molecule has 0 spiro atoms. The number of halogens is 1. The lowest BCUT2D eigenvalue weighted by Crippen LogP contribution is -2.01. The van der Waals surface area contributed by atoms with E-state index in [-0.39, 0.29) is 0 Å². The molecule has 6 nitrogen and oxygen atoms in total. The highest BCUT2D eigenvalue weighted by atomic mass is 35.5. The van der Waals surface area contributed by atoms with Gasteiger partial charge in [0.25, 0.3) is 0 Å². The number of nitrogens with zero attached hydrogens (tertiary/aromatic N) is 2. The van der Waals surface area contributed by atoms with Crippen molar-refractivity contribution in [3.8, 4) is 11.5 Å². The summed E-state index contributed by atoms with van der Waals surface area (Å²) in [5.74, 6) is 2.06. The molecule has 0 aliphatic rings. The van der Waals surface area contributed by atoms with Gasteiger partial charge in [0.2, 0.25) is 0 Å². The number of hydrogen-bond donors (Lipinski definition) is 2. The highest BCUT2D eigenvalue weighted by Gasteiger charge is 2.11. The predicted molar refractivity (Wildman–Crippen MR) is 86.1 cm³/mol. The third-order valence-electron chi connectivity index (χ3n) is 2.64. The van der Waals surface area contributed by atoms with E-state index in [2.05, 4.69) is 15.3 Å². The van der Waals surface area contributed by atoms with Crippen LogP contribution >= 0.6 is 23.4 Å². The number of methoxy groups -OCH3 is 2. The van der Waals surface area contributed by atoms with Gasteiger partial charge in [-0.3, -0.25) is 0 Å². The van der Waals surface area contributed by atoms with Crippen molar-refractivity contribution in [1.82, 2.24) is 9.97 Å². The zero-order chi connectivity index (χ0) is 15.4. The van der Waals surface area contributed by atoms with E-state index in [1.54, 1.807) is 32.4 Å². The third kappa shape index (κ3) is 3.62. The molecule has 1 aromatic carbocycles. The molecular weight excluding hydrogens is 312 g/mol. The number of benzene rings is 1. The van der Waals surface area contributed by atoms with Crippen molar-refractivity contribution < 1.29 is 9.47 Å². The van der Waals surface area contributed by atoms with Crippen LogP contribution in [0, 0.1) is 0 Å². The maximum absolute atomic E-state index is 6.13. The van der Waals surface area contributed by atoms with E-state index in [1.807, 2.05) is 6.26 Å². The van der Waals surface area contributed by atoms with Gasteiger partial charge in [0, 0.05) is 12.1 Å². The number of nitrogens with one attached hydrogen (secondary N) is 1. The van der Waals surface area contributed by atoms with Crippen molar-refractivity contribution in [2.75, 3.05) is 31.5 Å². The van der Waals surface area contributed by atoms with Gasteiger partial charge in [-0.2, -0.15) is 0 Å². The lowest BCUT2D eigenvalue weighted by atomic mass is 10.2. The molecule has 2 rings (SSSR count). The SMILES string of the molecule is COc1cc(OC)c(Nc2cc(N)nc(SC)n2)cc1Cl. The van der Waals surface area contributed by atoms with Crippen molar-refractivity contribution in [2.45, 2.75) is 5.16 Å². The fourth-order valence-electron chi connectivity index (χ4n) is 1.69. The lowest BCUT2D eigenvalue weighted by molar-refractivity contribution is 0.396. The van der Waals surface area contributed by atoms with Crippen LogP contribution in [0.25, 0.3) is 0 Å². The molecule has 0 radical (unpaired) electrons. The first kappa shape index (κ1) is 15.5. The second-order valence-electron chi connectivity index (χ2n) is 3.98. The molecule has 1 aromatic heterocycles. The van der Waals surface area contributed by atoms with Crippen LogP contribution in [0.3, 0.4) is 0 Å². The first-order chi connectivity index (χ1) is 10.1. The Balaban J connectivity index is 2.39. The summed E-state index contributed by atoms with van der Waals surface area (Å²) in [7, 11) is 3.11. The number of hydrogen-bond acceptors (Lipinski definition) is 7. The van der Waals surface area contributed by atoms with Gasteiger partial charge in [0.05, 0.1) is 24.9 Å². The Labute approximate surface area is 132 Å². The Hall–Kier alpha value is -1.86. The maximum Gasteiger partial charge on any atom is 0.191 e. The number of rotatable bonds is 5. The number of aromatic nitrogens is 2. The Morgan fingerprint density at radius 3 is 2.48 bits per heavy atom. The van der Waals surface area contributed by atoms with Gasteiger partial charge >= 0.3 is 0 Å². The second-order valence-corrected chi connectivity index (χ2v) is 5.16. The molecule has 21 heavy (non-hydrogen) atoms. The van der Waals surface area contributed by atoms with Crippen LogP contribution in [0.15, 0.2) is 23.4 Å². The molecule has 0 aliphatic carbocycles. The Kier molecular flexibility index (Phi) is 4.98. The molecule has 3 N–H and O–H groups in total. The topological polar surface area (TPSA) is 82.3 Å². The molecule has 0 bridgehead atoms. The summed E-state index contributed by atoms with van der Waals surface area (Å²) in [5.41, 5.74) is 6.41. The quantitative estimate of drug-likeness (QED) is 0.645. The number of thioether (sulfide) groups is 1. The van der Waals surface area contributed by atoms with Crippen molar-refractivity contribution >= 4 is 40.7 Å². The van der Waals surface area contributed by atoms with Crippen molar-refractivity contribution in [3.05, 3.63) is 23.2 Å². The zero-order valence-corrected chi connectivity index (χ0v) is 13.4. The van der Waals surface area contributed by atoms with Gasteiger partial charge in [-0.1, -0.05) is 23.4 Å². The predicted octanol–water partition coefficient (Wildman–Crippen LogP) is 3.19. The van der Waals surface area contributed by atoms with Crippen LogP contribution in [0.5, 0.6) is 11.5 Å². The average molecular weight is 327 g/mol. The monoisotopic (exact) mass is 326 g/mol. The molecule has 2 aromatic rings. The largest absolute Gasteiger partial charge is 0.495 e. The second kappa shape index (κ2) is 6.73. The van der Waals surface area contributed by atoms with Gasteiger partial charge in [-0.25, -0.2) is 9.97 Å². The zero-order valence-electron chi connectivity index (χ0n) is 11.8. The van der Waals surface area contributed by atoms with E-state index in [4.69, 9.17) is 26.8 Å². The number of nitrogens with two attached hydrogens (primary N) is 1. The van der Waals surface area contributed by atoms with Crippen molar-refractivity contribution in [1.29, 1.82) is 0 Å². The summed E-state index contributed by atoms with van der Waals surface area (Å²) in [4.78, 5) is 8.42. The van der Waals surface area contributed by atoms with Crippen LogP contribution in [-0.4, -0.2) is 30.4 Å². The summed E-state index contributed by atoms with van der Waals surface area (Å²) in [6.07, 6.45) is 1.88. The van der Waals surface area contributed by atoms with Crippen LogP contribution < -0.4 is 20.5 Å². The molecule has 1 heterocycles. The van der Waals surface area contributed by atoms with E-state index in [0.29, 0.717) is 39.0 Å². The smallest absolute Gasteiger partial charge is 0.191 e. The fraction of sp³-hybridized carbons (Fsp3) is 0.231. The van der Waals surface area contributed by atoms with Gasteiger partial charge < -0.3 is 20.5 Å². The van der Waals surface area contributed by atoms with Crippen molar-refractivity contribution in [3.63, 3.8) is 0 Å². The summed E-state index contributed by atoms with van der Waals surface area (Å²) in [6, 6.07) is 5.04. The third-order valence-corrected chi connectivity index (χ3v) is 3.49. The van der Waals surface area contributed by atoms with Gasteiger partial charge in [-0.05, 0) is 12.3 Å². The molecule has 0 saturated carbocycles. The Morgan fingerprint density at radius 1 is 1.14 bits per heavy atom. The molecular formula is C13H15ClN4O2S. The number of anilines is 3. The summed E-state index contributed by atoms with van der Waals surface area (Å²) >= 11 is 7.54. The molecule has 0 atom stereocenters. The highest BCUT2D eigenvalue weighted by Crippen LogP contribution is 2.37. The minimum Gasteiger partial charge on any atom is -0.495 e. The minimum absolute atomic E-state index is 0.385. The highest BCUT2D eigenvalue weighted by molar-refractivity contribution is 7.98. The standard InChI is InChI=1S/C13H15ClN4O2S/c1-19-9-5-10(20-2)8(4-7(9)14)16-12-6-11(15)17-13(18-12)21-3/h4-6H,1-3H3,(H3,15,16,17,18). The summed E-state index contributed by atoms with van der Waals surface area (Å²) < 4.78 is 10.5. The van der Waals surface area contributed by atoms with E-state index < -0.39 is 0 Å². The summed E-state index contributed by atoms with van der Waals surface area (Å²) in [6.45, 7) is 0. The van der Waals surface area contributed by atoms with Crippen LogP contribution in [-0.2, 0) is 0 Å². The van der Waals surface area contributed by atoms with Crippen LogP contribution in [0.4, 0.5) is 17.3 Å². The number of ether oxygens (including phenoxy) is 2. The van der Waals surface area contributed by atoms with E-state index in [1.165, 1.54) is 11.8 Å². The first-order valence-corrected chi connectivity index (χ1v) is 7.54. The summed E-state index contributed by atoms with van der Waals surface area (Å²) in [5, 5.41) is 4.17. The Morgan fingerprint density at radius 2 is 1.86 bits per heavy atom. The fourth-order valence-corrected chi connectivity index (χ4v) is 2.32. The number of nitrogen functional groups attached to an aromatic ring is 1. The van der Waals surface area contributed by atoms with Gasteiger partial charge in [0.15, 0.2) is 5.16 Å². The normalized spacial score (nSPS) is 10.3. The van der Waals surface area contributed by atoms with E-state index >= 15 is 0 Å². The average Bonchev–Trinajstić information content (AvgIpc) is 2.47. The minimum atomic E-state index is 0.385.